The molecule has 4 rings (SSSR count). The predicted octanol–water partition coefficient (Wildman–Crippen LogP) is 1.54. The highest BCUT2D eigenvalue weighted by atomic mass is 16.3. The van der Waals surface area contributed by atoms with Crippen molar-refractivity contribution >= 4 is 22.6 Å². The van der Waals surface area contributed by atoms with Gasteiger partial charge in [-0.05, 0) is 18.4 Å². The van der Waals surface area contributed by atoms with Crippen LogP contribution in [0.4, 0.5) is 0 Å². The Kier molecular flexibility index (Phi) is 3.72. The van der Waals surface area contributed by atoms with Crippen molar-refractivity contribution in [2.75, 3.05) is 19.7 Å². The van der Waals surface area contributed by atoms with Crippen LogP contribution in [0, 0.1) is 5.92 Å². The first-order chi connectivity index (χ1) is 11.7. The van der Waals surface area contributed by atoms with E-state index in [-0.39, 0.29) is 24.9 Å². The van der Waals surface area contributed by atoms with Crippen LogP contribution in [0.25, 0.3) is 16.7 Å². The number of aliphatic hydroxyl groups is 1. The number of rotatable bonds is 3. The summed E-state index contributed by atoms with van der Waals surface area (Å²) in [6.07, 6.45) is 6.67. The Hall–Kier alpha value is -2.41. The summed E-state index contributed by atoms with van der Waals surface area (Å²) in [7, 11) is 0. The van der Waals surface area contributed by atoms with Gasteiger partial charge in [0.1, 0.15) is 5.82 Å². The SMILES string of the molecule is CC1CCN(C(=O)CCO)CC1c1ncc2cnc3[nH]ccc3n12. The minimum Gasteiger partial charge on any atom is -0.396 e. The van der Waals surface area contributed by atoms with Gasteiger partial charge in [0.05, 0.1) is 30.0 Å². The van der Waals surface area contributed by atoms with Crippen LogP contribution < -0.4 is 0 Å². The third-order valence-corrected chi connectivity index (χ3v) is 5.06. The van der Waals surface area contributed by atoms with Gasteiger partial charge in [0.15, 0.2) is 5.65 Å². The third kappa shape index (κ3) is 2.36. The van der Waals surface area contributed by atoms with Crippen LogP contribution in [0.2, 0.25) is 0 Å². The number of aromatic nitrogens is 4. The van der Waals surface area contributed by atoms with E-state index in [0.717, 1.165) is 35.5 Å². The largest absolute Gasteiger partial charge is 0.396 e. The maximum Gasteiger partial charge on any atom is 0.224 e. The first-order valence-corrected chi connectivity index (χ1v) is 8.37. The number of hydrogen-bond acceptors (Lipinski definition) is 4. The lowest BCUT2D eigenvalue weighted by atomic mass is 9.86. The summed E-state index contributed by atoms with van der Waals surface area (Å²) in [5.74, 6) is 1.61. The fourth-order valence-corrected chi connectivity index (χ4v) is 3.65. The molecule has 0 bridgehead atoms. The average molecular weight is 327 g/mol. The lowest BCUT2D eigenvalue weighted by Crippen LogP contribution is -2.42. The maximum atomic E-state index is 12.2. The molecule has 2 N–H and O–H groups in total. The van der Waals surface area contributed by atoms with Crippen molar-refractivity contribution in [2.45, 2.75) is 25.7 Å². The van der Waals surface area contributed by atoms with Gasteiger partial charge in [-0.3, -0.25) is 9.20 Å². The number of imidazole rings is 1. The number of H-pyrrole nitrogens is 1. The van der Waals surface area contributed by atoms with Crippen molar-refractivity contribution < 1.29 is 9.90 Å². The Balaban J connectivity index is 1.75. The van der Waals surface area contributed by atoms with Gasteiger partial charge in [-0.2, -0.15) is 0 Å². The molecule has 3 aromatic rings. The Bertz CT molecular complexity index is 884. The van der Waals surface area contributed by atoms with Crippen molar-refractivity contribution in [3.63, 3.8) is 0 Å². The summed E-state index contributed by atoms with van der Waals surface area (Å²) in [5.41, 5.74) is 2.80. The maximum absolute atomic E-state index is 12.2. The fourth-order valence-electron chi connectivity index (χ4n) is 3.65. The molecule has 2 unspecified atom stereocenters. The van der Waals surface area contributed by atoms with E-state index in [4.69, 9.17) is 5.11 Å². The Morgan fingerprint density at radius 1 is 1.42 bits per heavy atom. The number of fused-ring (bicyclic) bond motifs is 3. The number of amides is 1. The van der Waals surface area contributed by atoms with Crippen molar-refractivity contribution in [2.24, 2.45) is 5.92 Å². The zero-order chi connectivity index (χ0) is 16.7. The van der Waals surface area contributed by atoms with Gasteiger partial charge in [-0.1, -0.05) is 6.92 Å². The molecule has 0 spiro atoms. The molecule has 126 valence electrons. The Morgan fingerprint density at radius 2 is 2.25 bits per heavy atom. The van der Waals surface area contributed by atoms with Gasteiger partial charge in [0.2, 0.25) is 5.91 Å². The molecule has 0 aromatic carbocycles. The summed E-state index contributed by atoms with van der Waals surface area (Å²) >= 11 is 0. The molecule has 1 saturated heterocycles. The molecule has 1 fully saturated rings. The third-order valence-electron chi connectivity index (χ3n) is 5.06. The highest BCUT2D eigenvalue weighted by molar-refractivity contribution is 5.77. The lowest BCUT2D eigenvalue weighted by molar-refractivity contribution is -0.133. The molecule has 3 aromatic heterocycles. The summed E-state index contributed by atoms with van der Waals surface area (Å²) < 4.78 is 2.14. The van der Waals surface area contributed by atoms with Crippen LogP contribution >= 0.6 is 0 Å². The molecule has 0 saturated carbocycles. The number of hydrogen-bond donors (Lipinski definition) is 2. The van der Waals surface area contributed by atoms with E-state index in [1.54, 1.807) is 0 Å². The van der Waals surface area contributed by atoms with E-state index in [1.807, 2.05) is 29.6 Å². The number of aromatic amines is 1. The second kappa shape index (κ2) is 5.90. The monoisotopic (exact) mass is 327 g/mol. The van der Waals surface area contributed by atoms with E-state index < -0.39 is 0 Å². The van der Waals surface area contributed by atoms with Crippen molar-refractivity contribution in [1.29, 1.82) is 0 Å². The molecule has 24 heavy (non-hydrogen) atoms. The molecule has 1 aliphatic heterocycles. The predicted molar refractivity (Wildman–Crippen MR) is 89.6 cm³/mol. The summed E-state index contributed by atoms with van der Waals surface area (Å²) in [5, 5.41) is 9.03. The normalized spacial score (nSPS) is 21.7. The molecule has 4 heterocycles. The smallest absolute Gasteiger partial charge is 0.224 e. The molecule has 2 atom stereocenters. The average Bonchev–Trinajstić information content (AvgIpc) is 3.21. The van der Waals surface area contributed by atoms with Crippen LogP contribution in [0.15, 0.2) is 24.7 Å². The molecule has 1 amide bonds. The zero-order valence-electron chi connectivity index (χ0n) is 13.6. The molecular formula is C17H21N5O2. The van der Waals surface area contributed by atoms with E-state index in [9.17, 15) is 4.79 Å². The second-order valence-corrected chi connectivity index (χ2v) is 6.53. The number of piperidine rings is 1. The molecule has 1 aliphatic rings. The number of nitrogens with zero attached hydrogens (tertiary/aromatic N) is 4. The highest BCUT2D eigenvalue weighted by Crippen LogP contribution is 2.33. The van der Waals surface area contributed by atoms with Gasteiger partial charge >= 0.3 is 0 Å². The van der Waals surface area contributed by atoms with Crippen molar-refractivity contribution in [1.82, 2.24) is 24.3 Å². The van der Waals surface area contributed by atoms with Gasteiger partial charge in [-0.15, -0.1) is 0 Å². The van der Waals surface area contributed by atoms with Crippen LogP contribution in [-0.2, 0) is 4.79 Å². The number of carbonyl (C=O) groups excluding carboxylic acids is 1. The molecule has 0 aliphatic carbocycles. The number of likely N-dealkylation sites (tertiary alicyclic amines) is 1. The van der Waals surface area contributed by atoms with Crippen LogP contribution in [0.3, 0.4) is 0 Å². The van der Waals surface area contributed by atoms with Crippen molar-refractivity contribution in [3.8, 4) is 0 Å². The molecular weight excluding hydrogens is 306 g/mol. The minimum absolute atomic E-state index is 0.0173. The first kappa shape index (κ1) is 15.1. The minimum atomic E-state index is -0.0997. The standard InChI is InChI=1S/C17H21N5O2/c1-11-3-6-21(15(24)4-7-23)10-13(11)17-20-9-12-8-19-16-14(22(12)17)2-5-18-16/h2,5,8-9,11,13,18,23H,3-4,6-7,10H2,1H3. The molecule has 7 heteroatoms. The van der Waals surface area contributed by atoms with Crippen molar-refractivity contribution in [3.05, 3.63) is 30.5 Å². The summed E-state index contributed by atoms with van der Waals surface area (Å²) in [6, 6.07) is 2.00. The Labute approximate surface area is 139 Å². The van der Waals surface area contributed by atoms with E-state index >= 15 is 0 Å². The summed E-state index contributed by atoms with van der Waals surface area (Å²) in [4.78, 5) is 26.2. The molecule has 0 radical (unpaired) electrons. The number of nitrogens with one attached hydrogen (secondary N) is 1. The topological polar surface area (TPSA) is 86.5 Å². The van der Waals surface area contributed by atoms with E-state index in [0.29, 0.717) is 12.5 Å². The van der Waals surface area contributed by atoms with Crippen LogP contribution in [0.5, 0.6) is 0 Å². The Morgan fingerprint density at radius 3 is 3.08 bits per heavy atom. The lowest BCUT2D eigenvalue weighted by Gasteiger charge is -2.36. The fraction of sp³-hybridized carbons (Fsp3) is 0.471. The second-order valence-electron chi connectivity index (χ2n) is 6.53. The van der Waals surface area contributed by atoms with Gasteiger partial charge in [0.25, 0.3) is 0 Å². The highest BCUT2D eigenvalue weighted by Gasteiger charge is 2.32. The van der Waals surface area contributed by atoms with Crippen LogP contribution in [0.1, 0.15) is 31.5 Å². The van der Waals surface area contributed by atoms with E-state index in [1.165, 1.54) is 0 Å². The number of carbonyl (C=O) groups is 1. The summed E-state index contributed by atoms with van der Waals surface area (Å²) in [6.45, 7) is 3.51. The van der Waals surface area contributed by atoms with Gasteiger partial charge in [-0.25, -0.2) is 9.97 Å². The van der Waals surface area contributed by atoms with Gasteiger partial charge < -0.3 is 15.0 Å². The quantitative estimate of drug-likeness (QED) is 0.764. The van der Waals surface area contributed by atoms with E-state index in [2.05, 4.69) is 26.3 Å². The van der Waals surface area contributed by atoms with Crippen LogP contribution in [-0.4, -0.2) is 55.0 Å². The first-order valence-electron chi connectivity index (χ1n) is 8.37. The van der Waals surface area contributed by atoms with Gasteiger partial charge in [0, 0.05) is 31.6 Å². The zero-order valence-corrected chi connectivity index (χ0v) is 13.6. The number of aliphatic hydroxyl groups excluding tert-OH is 1. The molecule has 7 nitrogen and oxygen atoms in total.